The van der Waals surface area contributed by atoms with Crippen molar-refractivity contribution in [3.05, 3.63) is 47.8 Å². The topological polar surface area (TPSA) is 39.1 Å². The van der Waals surface area contributed by atoms with Gasteiger partial charge in [-0.15, -0.1) is 0 Å². The summed E-state index contributed by atoms with van der Waals surface area (Å²) in [6.07, 6.45) is 3.26. The number of nitrogens with one attached hydrogen (secondary N) is 1. The van der Waals surface area contributed by atoms with E-state index in [0.29, 0.717) is 6.04 Å². The van der Waals surface area contributed by atoms with Gasteiger partial charge in [-0.1, -0.05) is 18.2 Å². The summed E-state index contributed by atoms with van der Waals surface area (Å²) in [6, 6.07) is 10.7. The van der Waals surface area contributed by atoms with Crippen LogP contribution >= 0.6 is 0 Å². The predicted molar refractivity (Wildman–Crippen MR) is 78.9 cm³/mol. The van der Waals surface area contributed by atoms with Crippen molar-refractivity contribution in [1.29, 1.82) is 0 Å². The van der Waals surface area contributed by atoms with Crippen molar-refractivity contribution in [2.24, 2.45) is 0 Å². The lowest BCUT2D eigenvalue weighted by Gasteiger charge is -2.11. The van der Waals surface area contributed by atoms with E-state index in [-0.39, 0.29) is 6.10 Å². The van der Waals surface area contributed by atoms with Crippen molar-refractivity contribution in [1.82, 2.24) is 15.1 Å². The molecule has 1 aliphatic heterocycles. The summed E-state index contributed by atoms with van der Waals surface area (Å²) in [6.45, 7) is 5.90. The number of nitrogens with zero attached hydrogens (tertiary/aromatic N) is 2. The second-order valence-electron chi connectivity index (χ2n) is 5.56. The Kier molecular flexibility index (Phi) is 3.74. The third kappa shape index (κ3) is 2.85. The van der Waals surface area contributed by atoms with Gasteiger partial charge in [-0.25, -0.2) is 0 Å². The molecule has 2 aromatic rings. The number of ether oxygens (including phenoxy) is 1. The van der Waals surface area contributed by atoms with E-state index in [2.05, 4.69) is 42.5 Å². The first-order valence-corrected chi connectivity index (χ1v) is 7.21. The third-order valence-electron chi connectivity index (χ3n) is 3.58. The lowest BCUT2D eigenvalue weighted by Crippen LogP contribution is -2.29. The Morgan fingerprint density at radius 1 is 1.35 bits per heavy atom. The Morgan fingerprint density at radius 2 is 2.20 bits per heavy atom. The average Bonchev–Trinajstić information content (AvgIpc) is 3.04. The van der Waals surface area contributed by atoms with Gasteiger partial charge in [-0.2, -0.15) is 5.10 Å². The maximum atomic E-state index is 5.90. The number of fused-ring (bicyclic) bond motifs is 1. The highest BCUT2D eigenvalue weighted by atomic mass is 16.5. The lowest BCUT2D eigenvalue weighted by atomic mass is 10.1. The first-order chi connectivity index (χ1) is 9.72. The minimum absolute atomic E-state index is 0.236. The summed E-state index contributed by atoms with van der Waals surface area (Å²) in [5, 5.41) is 7.96. The molecule has 1 aliphatic rings. The smallest absolute Gasteiger partial charge is 0.123 e. The third-order valence-corrected chi connectivity index (χ3v) is 3.58. The predicted octanol–water partition coefficient (Wildman–Crippen LogP) is 2.56. The molecule has 1 aromatic carbocycles. The van der Waals surface area contributed by atoms with Crippen LogP contribution in [-0.2, 0) is 13.0 Å². The highest BCUT2D eigenvalue weighted by Gasteiger charge is 2.21. The van der Waals surface area contributed by atoms with Crippen LogP contribution in [0, 0.1) is 0 Å². The van der Waals surface area contributed by atoms with E-state index in [1.807, 2.05) is 23.0 Å². The zero-order valence-electron chi connectivity index (χ0n) is 12.0. The normalized spacial score (nSPS) is 17.2. The van der Waals surface area contributed by atoms with Crippen molar-refractivity contribution >= 4 is 0 Å². The summed E-state index contributed by atoms with van der Waals surface area (Å²) in [4.78, 5) is 0. The maximum absolute atomic E-state index is 5.90. The van der Waals surface area contributed by atoms with Gasteiger partial charge in [0.15, 0.2) is 0 Å². The fraction of sp³-hybridized carbons (Fsp3) is 0.438. The Bertz CT molecular complexity index is 552. The van der Waals surface area contributed by atoms with Crippen LogP contribution in [0.3, 0.4) is 0 Å². The first kappa shape index (κ1) is 13.2. The van der Waals surface area contributed by atoms with Gasteiger partial charge < -0.3 is 10.1 Å². The molecule has 0 radical (unpaired) electrons. The summed E-state index contributed by atoms with van der Waals surface area (Å²) in [5.41, 5.74) is 2.39. The molecule has 2 heterocycles. The molecule has 0 fully saturated rings. The molecular formula is C16H21N3O. The Hall–Kier alpha value is -1.81. The minimum Gasteiger partial charge on any atom is -0.488 e. The Balaban J connectivity index is 1.47. The second-order valence-corrected chi connectivity index (χ2v) is 5.56. The second kappa shape index (κ2) is 5.67. The van der Waals surface area contributed by atoms with Crippen molar-refractivity contribution in [2.45, 2.75) is 39.0 Å². The number of hydrogen-bond donors (Lipinski definition) is 1. The van der Waals surface area contributed by atoms with Gasteiger partial charge in [0.1, 0.15) is 11.9 Å². The molecule has 0 saturated heterocycles. The number of rotatable bonds is 5. The minimum atomic E-state index is 0.236. The molecule has 106 valence electrons. The van der Waals surface area contributed by atoms with E-state index < -0.39 is 0 Å². The molecule has 0 aliphatic carbocycles. The number of benzene rings is 1. The molecule has 0 spiro atoms. The molecule has 0 amide bonds. The molecule has 20 heavy (non-hydrogen) atoms. The number of para-hydroxylation sites is 1. The number of hydrogen-bond acceptors (Lipinski definition) is 3. The Labute approximate surface area is 119 Å². The highest BCUT2D eigenvalue weighted by Crippen LogP contribution is 2.27. The molecule has 0 saturated carbocycles. The fourth-order valence-electron chi connectivity index (χ4n) is 2.49. The van der Waals surface area contributed by atoms with Crippen LogP contribution in [-0.4, -0.2) is 22.4 Å². The molecule has 1 atom stereocenters. The van der Waals surface area contributed by atoms with Crippen LogP contribution in [0.5, 0.6) is 5.75 Å². The quantitative estimate of drug-likeness (QED) is 0.908. The molecular weight excluding hydrogens is 250 g/mol. The summed E-state index contributed by atoms with van der Waals surface area (Å²) in [5.74, 6) is 1.03. The van der Waals surface area contributed by atoms with Crippen LogP contribution in [0.25, 0.3) is 0 Å². The summed E-state index contributed by atoms with van der Waals surface area (Å²) >= 11 is 0. The van der Waals surface area contributed by atoms with E-state index in [0.717, 1.165) is 31.0 Å². The molecule has 3 rings (SSSR count). The van der Waals surface area contributed by atoms with E-state index in [4.69, 9.17) is 4.74 Å². The van der Waals surface area contributed by atoms with Gasteiger partial charge in [0, 0.05) is 31.7 Å². The summed E-state index contributed by atoms with van der Waals surface area (Å²) in [7, 11) is 0. The van der Waals surface area contributed by atoms with Gasteiger partial charge in [-0.3, -0.25) is 4.68 Å². The zero-order chi connectivity index (χ0) is 13.9. The largest absolute Gasteiger partial charge is 0.488 e. The van der Waals surface area contributed by atoms with Crippen LogP contribution in [0.15, 0.2) is 36.5 Å². The average molecular weight is 271 g/mol. The highest BCUT2D eigenvalue weighted by molar-refractivity contribution is 5.37. The lowest BCUT2D eigenvalue weighted by molar-refractivity contribution is 0.227. The van der Waals surface area contributed by atoms with Crippen LogP contribution in [0.1, 0.15) is 31.1 Å². The fourth-order valence-corrected chi connectivity index (χ4v) is 2.49. The van der Waals surface area contributed by atoms with Gasteiger partial charge in [0.2, 0.25) is 0 Å². The summed E-state index contributed by atoms with van der Waals surface area (Å²) < 4.78 is 7.89. The molecule has 1 unspecified atom stereocenters. The molecule has 1 N–H and O–H groups in total. The molecule has 0 bridgehead atoms. The number of aromatic nitrogens is 2. The van der Waals surface area contributed by atoms with Gasteiger partial charge in [0.25, 0.3) is 0 Å². The zero-order valence-corrected chi connectivity index (χ0v) is 12.0. The molecule has 1 aromatic heterocycles. The SMILES string of the molecule is CC(C)n1ccc(CNCC2Cc3ccccc3O2)n1. The monoisotopic (exact) mass is 271 g/mol. The van der Waals surface area contributed by atoms with E-state index in [1.165, 1.54) is 5.56 Å². The van der Waals surface area contributed by atoms with E-state index in [1.54, 1.807) is 0 Å². The van der Waals surface area contributed by atoms with E-state index >= 15 is 0 Å². The van der Waals surface area contributed by atoms with Crippen LogP contribution in [0.4, 0.5) is 0 Å². The van der Waals surface area contributed by atoms with Gasteiger partial charge in [0.05, 0.1) is 5.69 Å². The molecule has 4 nitrogen and oxygen atoms in total. The van der Waals surface area contributed by atoms with Crippen LogP contribution in [0.2, 0.25) is 0 Å². The van der Waals surface area contributed by atoms with Gasteiger partial charge >= 0.3 is 0 Å². The van der Waals surface area contributed by atoms with Gasteiger partial charge in [-0.05, 0) is 31.5 Å². The first-order valence-electron chi connectivity index (χ1n) is 7.21. The van der Waals surface area contributed by atoms with Crippen molar-refractivity contribution in [3.63, 3.8) is 0 Å². The van der Waals surface area contributed by atoms with E-state index in [9.17, 15) is 0 Å². The molecule has 4 heteroatoms. The van der Waals surface area contributed by atoms with Crippen molar-refractivity contribution in [2.75, 3.05) is 6.54 Å². The standard InChI is InChI=1S/C16H21N3O/c1-12(2)19-8-7-14(18-19)10-17-11-15-9-13-5-3-4-6-16(13)20-15/h3-8,12,15,17H,9-11H2,1-2H3. The Morgan fingerprint density at radius 3 is 2.95 bits per heavy atom. The van der Waals surface area contributed by atoms with Crippen molar-refractivity contribution in [3.8, 4) is 5.75 Å². The van der Waals surface area contributed by atoms with Crippen molar-refractivity contribution < 1.29 is 4.74 Å². The van der Waals surface area contributed by atoms with Crippen LogP contribution < -0.4 is 10.1 Å². The maximum Gasteiger partial charge on any atom is 0.123 e.